The van der Waals surface area contributed by atoms with Crippen LogP contribution in [0.1, 0.15) is 49.0 Å². The molecule has 0 saturated carbocycles. The summed E-state index contributed by atoms with van der Waals surface area (Å²) in [5.41, 5.74) is 4.54. The van der Waals surface area contributed by atoms with Crippen LogP contribution in [0.5, 0.6) is 0 Å². The van der Waals surface area contributed by atoms with Crippen molar-refractivity contribution in [3.05, 3.63) is 46.8 Å². The van der Waals surface area contributed by atoms with Gasteiger partial charge >= 0.3 is 0 Å². The van der Waals surface area contributed by atoms with Gasteiger partial charge in [-0.3, -0.25) is 14.4 Å². The van der Waals surface area contributed by atoms with E-state index in [0.29, 0.717) is 43.8 Å². The second-order valence-electron chi connectivity index (χ2n) is 10.2. The molecule has 1 fully saturated rings. The van der Waals surface area contributed by atoms with Crippen LogP contribution in [0.4, 0.5) is 14.5 Å². The number of carbonyl (C=O) groups excluding carboxylic acids is 1. The average Bonchev–Trinajstić information content (AvgIpc) is 3.56. The van der Waals surface area contributed by atoms with Gasteiger partial charge in [0.2, 0.25) is 5.91 Å². The number of likely N-dealkylation sites (tertiary alicyclic amines) is 1. The van der Waals surface area contributed by atoms with E-state index in [0.717, 1.165) is 24.0 Å². The van der Waals surface area contributed by atoms with Crippen LogP contribution in [-0.2, 0) is 24.3 Å². The topological polar surface area (TPSA) is 85.7 Å². The van der Waals surface area contributed by atoms with E-state index >= 15 is 0 Å². The van der Waals surface area contributed by atoms with Gasteiger partial charge in [0.05, 0.1) is 48.9 Å². The molecule has 1 amide bonds. The molecule has 3 aromatic rings. The summed E-state index contributed by atoms with van der Waals surface area (Å²) in [4.78, 5) is 18.6. The standard InChI is InChI=1S/C25H28F2N8O/c1-15-7-19-21(12-32(15)14-24(36)31-6-5-17(26)11-31)30-34-16(2)10-33(13-23(19)34)22-4-3-18(8-28)35-25(22)20(27)9-29-35/h3-4,9,15-17H,5-7,10-14H2,1-2H3/t15-,16+,17-/m0/s1. The Balaban J connectivity index is 1.27. The van der Waals surface area contributed by atoms with Crippen molar-refractivity contribution in [1.82, 2.24) is 29.2 Å². The molecule has 3 aliphatic heterocycles. The quantitative estimate of drug-likeness (QED) is 0.556. The lowest BCUT2D eigenvalue weighted by Gasteiger charge is -2.36. The summed E-state index contributed by atoms with van der Waals surface area (Å²) < 4.78 is 31.7. The zero-order valence-corrected chi connectivity index (χ0v) is 20.4. The molecule has 3 aliphatic rings. The SMILES string of the molecule is C[C@@H]1CN(c2ccc(C#N)n3ncc(F)c23)Cc2c3c(nn21)CN(CC(=O)N1CC[C@H](F)C1)[C@@H](C)C3. The number of rotatable bonds is 3. The molecular weight excluding hydrogens is 466 g/mol. The first-order valence-corrected chi connectivity index (χ1v) is 12.4. The van der Waals surface area contributed by atoms with E-state index in [4.69, 9.17) is 5.10 Å². The van der Waals surface area contributed by atoms with E-state index in [9.17, 15) is 18.8 Å². The van der Waals surface area contributed by atoms with E-state index in [1.54, 1.807) is 17.0 Å². The molecule has 3 atom stereocenters. The smallest absolute Gasteiger partial charge is 0.236 e. The zero-order chi connectivity index (χ0) is 25.1. The Morgan fingerprint density at radius 3 is 2.81 bits per heavy atom. The minimum Gasteiger partial charge on any atom is -0.362 e. The predicted molar refractivity (Wildman–Crippen MR) is 128 cm³/mol. The molecule has 0 aliphatic carbocycles. The van der Waals surface area contributed by atoms with Crippen LogP contribution >= 0.6 is 0 Å². The number of nitriles is 1. The van der Waals surface area contributed by atoms with Gasteiger partial charge in [-0.05, 0) is 38.8 Å². The lowest BCUT2D eigenvalue weighted by atomic mass is 9.97. The molecule has 3 aromatic heterocycles. The van der Waals surface area contributed by atoms with Crippen LogP contribution in [-0.4, -0.2) is 73.5 Å². The van der Waals surface area contributed by atoms with Gasteiger partial charge in [-0.2, -0.15) is 15.5 Å². The van der Waals surface area contributed by atoms with Crippen LogP contribution in [0, 0.1) is 17.1 Å². The van der Waals surface area contributed by atoms with Gasteiger partial charge in [-0.1, -0.05) is 0 Å². The number of alkyl halides is 1. The number of aromatic nitrogens is 4. The normalized spacial score (nSPS) is 24.1. The number of carbonyl (C=O) groups is 1. The Morgan fingerprint density at radius 1 is 1.22 bits per heavy atom. The molecule has 6 rings (SSSR count). The third-order valence-corrected chi connectivity index (χ3v) is 7.79. The fourth-order valence-electron chi connectivity index (χ4n) is 5.87. The van der Waals surface area contributed by atoms with Crippen LogP contribution < -0.4 is 4.90 Å². The first-order chi connectivity index (χ1) is 17.3. The number of fused-ring (bicyclic) bond motifs is 4. The average molecular weight is 495 g/mol. The molecule has 9 nitrogen and oxygen atoms in total. The van der Waals surface area contributed by atoms with Gasteiger partial charge in [-0.15, -0.1) is 0 Å². The zero-order valence-electron chi connectivity index (χ0n) is 20.4. The second kappa shape index (κ2) is 8.55. The van der Waals surface area contributed by atoms with E-state index in [2.05, 4.69) is 39.5 Å². The first-order valence-electron chi connectivity index (χ1n) is 12.4. The van der Waals surface area contributed by atoms with Crippen molar-refractivity contribution in [2.45, 2.75) is 58.0 Å². The highest BCUT2D eigenvalue weighted by Gasteiger charge is 2.36. The maximum absolute atomic E-state index is 14.7. The summed E-state index contributed by atoms with van der Waals surface area (Å²) in [7, 11) is 0. The molecule has 11 heteroatoms. The first kappa shape index (κ1) is 22.9. The van der Waals surface area contributed by atoms with Crippen LogP contribution in [0.25, 0.3) is 5.52 Å². The molecule has 0 aromatic carbocycles. The van der Waals surface area contributed by atoms with Crippen molar-refractivity contribution in [1.29, 1.82) is 5.26 Å². The molecule has 188 valence electrons. The lowest BCUT2D eigenvalue weighted by Crippen LogP contribution is -2.45. The number of nitrogens with zero attached hydrogens (tertiary/aromatic N) is 8. The van der Waals surface area contributed by atoms with E-state index < -0.39 is 12.0 Å². The van der Waals surface area contributed by atoms with Gasteiger partial charge in [0.15, 0.2) is 5.82 Å². The second-order valence-corrected chi connectivity index (χ2v) is 10.2. The fourth-order valence-corrected chi connectivity index (χ4v) is 5.87. The van der Waals surface area contributed by atoms with Gasteiger partial charge < -0.3 is 9.80 Å². The Morgan fingerprint density at radius 2 is 2.06 bits per heavy atom. The molecule has 0 unspecified atom stereocenters. The maximum atomic E-state index is 14.7. The number of hydrogen-bond acceptors (Lipinski definition) is 6. The van der Waals surface area contributed by atoms with Crippen LogP contribution in [0.15, 0.2) is 18.3 Å². The van der Waals surface area contributed by atoms with Gasteiger partial charge in [0.25, 0.3) is 0 Å². The molecule has 0 radical (unpaired) electrons. The van der Waals surface area contributed by atoms with Crippen LogP contribution in [0.2, 0.25) is 0 Å². The minimum absolute atomic E-state index is 0.0263. The fraction of sp³-hybridized carbons (Fsp3) is 0.520. The van der Waals surface area contributed by atoms with Crippen molar-refractivity contribution in [2.75, 3.05) is 31.1 Å². The molecule has 0 N–H and O–H groups in total. The minimum atomic E-state index is -0.919. The van der Waals surface area contributed by atoms with E-state index in [1.165, 1.54) is 10.1 Å². The molecule has 1 saturated heterocycles. The highest BCUT2D eigenvalue weighted by atomic mass is 19.1. The van der Waals surface area contributed by atoms with Crippen molar-refractivity contribution in [2.24, 2.45) is 0 Å². The third kappa shape index (κ3) is 3.63. The molecule has 36 heavy (non-hydrogen) atoms. The Bertz CT molecular complexity index is 1390. The Labute approximate surface area is 207 Å². The monoisotopic (exact) mass is 494 g/mol. The number of amides is 1. The van der Waals surface area contributed by atoms with E-state index in [1.807, 2.05) is 0 Å². The number of hydrogen-bond donors (Lipinski definition) is 0. The maximum Gasteiger partial charge on any atom is 0.236 e. The van der Waals surface area contributed by atoms with Crippen molar-refractivity contribution < 1.29 is 13.6 Å². The van der Waals surface area contributed by atoms with Crippen molar-refractivity contribution in [3.8, 4) is 6.07 Å². The van der Waals surface area contributed by atoms with Crippen molar-refractivity contribution >= 4 is 17.1 Å². The molecule has 0 spiro atoms. The molecular formula is C25H28F2N8O. The predicted octanol–water partition coefficient (Wildman–Crippen LogP) is 2.44. The number of pyridine rings is 1. The third-order valence-electron chi connectivity index (χ3n) is 7.79. The number of anilines is 1. The van der Waals surface area contributed by atoms with E-state index in [-0.39, 0.29) is 36.8 Å². The van der Waals surface area contributed by atoms with Crippen LogP contribution in [0.3, 0.4) is 0 Å². The summed E-state index contributed by atoms with van der Waals surface area (Å²) in [6, 6.07) is 5.72. The summed E-state index contributed by atoms with van der Waals surface area (Å²) in [5.74, 6) is -0.483. The largest absolute Gasteiger partial charge is 0.362 e. The number of halogens is 2. The summed E-state index contributed by atoms with van der Waals surface area (Å²) >= 11 is 0. The van der Waals surface area contributed by atoms with Gasteiger partial charge in [0, 0.05) is 31.2 Å². The highest BCUT2D eigenvalue weighted by molar-refractivity contribution is 5.78. The van der Waals surface area contributed by atoms with Gasteiger partial charge in [0.1, 0.15) is 23.5 Å². The summed E-state index contributed by atoms with van der Waals surface area (Å²) in [5, 5.41) is 18.4. The highest BCUT2D eigenvalue weighted by Crippen LogP contribution is 2.35. The lowest BCUT2D eigenvalue weighted by molar-refractivity contribution is -0.132. The molecule has 0 bridgehead atoms. The molecule has 6 heterocycles. The van der Waals surface area contributed by atoms with Gasteiger partial charge in [-0.25, -0.2) is 13.3 Å². The van der Waals surface area contributed by atoms with Crippen molar-refractivity contribution in [3.63, 3.8) is 0 Å². The Kier molecular flexibility index (Phi) is 5.44. The Hall–Kier alpha value is -3.52. The summed E-state index contributed by atoms with van der Waals surface area (Å²) in [6.45, 7) is 6.91. The summed E-state index contributed by atoms with van der Waals surface area (Å²) in [6.07, 6.45) is 1.40.